The Balaban J connectivity index is 1.11. The van der Waals surface area contributed by atoms with Gasteiger partial charge in [-0.3, -0.25) is 0 Å². The average molecular weight is 661 g/mol. The lowest BCUT2D eigenvalue weighted by Crippen LogP contribution is -1.93. The zero-order chi connectivity index (χ0) is 34.4. The number of hydrogen-bond donors (Lipinski definition) is 0. The van der Waals surface area contributed by atoms with E-state index < -0.39 is 0 Å². The van der Waals surface area contributed by atoms with Crippen LogP contribution in [-0.2, 0) is 0 Å². The summed E-state index contributed by atoms with van der Waals surface area (Å²) in [6.07, 6.45) is 0. The van der Waals surface area contributed by atoms with E-state index in [4.69, 9.17) is 9.97 Å². The molecular weight excluding hydrogens is 629 g/mol. The highest BCUT2D eigenvalue weighted by Crippen LogP contribution is 2.43. The van der Waals surface area contributed by atoms with Gasteiger partial charge in [0.1, 0.15) is 0 Å². The van der Waals surface area contributed by atoms with Gasteiger partial charge < -0.3 is 0 Å². The normalized spacial score (nSPS) is 11.5. The van der Waals surface area contributed by atoms with Crippen LogP contribution in [0.2, 0.25) is 0 Å². The van der Waals surface area contributed by atoms with Crippen molar-refractivity contribution in [2.75, 3.05) is 0 Å². The summed E-state index contributed by atoms with van der Waals surface area (Å²) >= 11 is 0. The van der Waals surface area contributed by atoms with Crippen molar-refractivity contribution in [3.05, 3.63) is 194 Å². The molecule has 0 aliphatic rings. The molecule has 0 saturated heterocycles. The smallest absolute Gasteiger partial charge is 0.0794 e. The summed E-state index contributed by atoms with van der Waals surface area (Å²) in [5, 5.41) is 8.62. The molecule has 0 unspecified atom stereocenters. The molecule has 2 heteroatoms. The Morgan fingerprint density at radius 2 is 0.712 bits per heavy atom. The minimum atomic E-state index is 0.962. The first-order valence-electron chi connectivity index (χ1n) is 17.7. The molecule has 0 amide bonds. The molecule has 52 heavy (non-hydrogen) atoms. The second-order valence-electron chi connectivity index (χ2n) is 13.3. The maximum Gasteiger partial charge on any atom is 0.0794 e. The summed E-state index contributed by atoms with van der Waals surface area (Å²) < 4.78 is 0. The molecule has 2 heterocycles. The summed E-state index contributed by atoms with van der Waals surface area (Å²) in [4.78, 5) is 10.5. The van der Waals surface area contributed by atoms with E-state index in [-0.39, 0.29) is 0 Å². The second kappa shape index (κ2) is 12.5. The van der Waals surface area contributed by atoms with Crippen LogP contribution in [0.1, 0.15) is 0 Å². The van der Waals surface area contributed by atoms with Gasteiger partial charge in [-0.25, -0.2) is 9.97 Å². The van der Waals surface area contributed by atoms with Gasteiger partial charge in [-0.05, 0) is 68.1 Å². The van der Waals surface area contributed by atoms with E-state index in [0.717, 1.165) is 61.5 Å². The first kappa shape index (κ1) is 30.0. The highest BCUT2D eigenvalue weighted by molar-refractivity contribution is 6.33. The van der Waals surface area contributed by atoms with Gasteiger partial charge in [0.25, 0.3) is 0 Å². The van der Waals surface area contributed by atoms with E-state index in [0.29, 0.717) is 0 Å². The average Bonchev–Trinajstić information content (AvgIpc) is 3.24. The summed E-state index contributed by atoms with van der Waals surface area (Å²) in [6.45, 7) is 0. The van der Waals surface area contributed by atoms with Crippen molar-refractivity contribution in [1.82, 2.24) is 9.97 Å². The highest BCUT2D eigenvalue weighted by atomic mass is 14.7. The third-order valence-electron chi connectivity index (χ3n) is 10.2. The highest BCUT2D eigenvalue weighted by Gasteiger charge is 2.18. The molecule has 0 N–H and O–H groups in total. The Morgan fingerprint density at radius 3 is 1.33 bits per heavy atom. The molecule has 0 bridgehead atoms. The minimum absolute atomic E-state index is 0.962. The first-order chi connectivity index (χ1) is 25.8. The molecule has 0 atom stereocenters. The van der Waals surface area contributed by atoms with Crippen molar-refractivity contribution < 1.29 is 0 Å². The van der Waals surface area contributed by atoms with Crippen molar-refractivity contribution in [3.63, 3.8) is 0 Å². The lowest BCUT2D eigenvalue weighted by molar-refractivity contribution is 1.32. The van der Waals surface area contributed by atoms with Crippen LogP contribution in [0.15, 0.2) is 194 Å². The standard InChI is InChI=1S/C50H32N2/c1-3-14-35(15-4-1)46-31-39(32-47(51-46)36-16-5-2-6-17-36)34-28-26-33(27-29-34)37-18-13-19-38(30-37)50-49-43-23-10-8-21-41(43)40-20-7-9-22-42(40)48(49)44-24-11-12-25-45(44)52-50/h1-32H. The van der Waals surface area contributed by atoms with Crippen molar-refractivity contribution in [2.24, 2.45) is 0 Å². The lowest BCUT2D eigenvalue weighted by Gasteiger charge is -2.16. The molecule has 0 aliphatic carbocycles. The van der Waals surface area contributed by atoms with Gasteiger partial charge in [0, 0.05) is 32.8 Å². The lowest BCUT2D eigenvalue weighted by atomic mass is 9.89. The van der Waals surface area contributed by atoms with Crippen molar-refractivity contribution >= 4 is 43.2 Å². The topological polar surface area (TPSA) is 25.8 Å². The largest absolute Gasteiger partial charge is 0.248 e. The zero-order valence-electron chi connectivity index (χ0n) is 28.4. The molecule has 2 nitrogen and oxygen atoms in total. The van der Waals surface area contributed by atoms with E-state index >= 15 is 0 Å². The predicted molar refractivity (Wildman–Crippen MR) is 219 cm³/mol. The molecule has 0 radical (unpaired) electrons. The number of rotatable bonds is 5. The van der Waals surface area contributed by atoms with E-state index in [1.807, 2.05) is 12.1 Å². The molecule has 8 aromatic carbocycles. The van der Waals surface area contributed by atoms with Gasteiger partial charge in [0.15, 0.2) is 0 Å². The Hall–Kier alpha value is -6.90. The Labute approximate surface area is 302 Å². The number of benzene rings is 8. The quantitative estimate of drug-likeness (QED) is 0.172. The predicted octanol–water partition coefficient (Wildman–Crippen LogP) is 13.4. The molecule has 0 fully saturated rings. The number of nitrogens with zero attached hydrogens (tertiary/aromatic N) is 2. The number of pyridine rings is 2. The van der Waals surface area contributed by atoms with Crippen LogP contribution in [0, 0.1) is 0 Å². The van der Waals surface area contributed by atoms with E-state index in [2.05, 4.69) is 182 Å². The van der Waals surface area contributed by atoms with Crippen LogP contribution in [0.5, 0.6) is 0 Å². The summed E-state index contributed by atoms with van der Waals surface area (Å²) in [5.74, 6) is 0. The van der Waals surface area contributed by atoms with E-state index in [9.17, 15) is 0 Å². The number of aromatic nitrogens is 2. The Bertz CT molecular complexity index is 2870. The van der Waals surface area contributed by atoms with Crippen molar-refractivity contribution in [3.8, 4) is 56.0 Å². The van der Waals surface area contributed by atoms with Crippen LogP contribution in [0.4, 0.5) is 0 Å². The monoisotopic (exact) mass is 660 g/mol. The summed E-state index contributed by atoms with van der Waals surface area (Å²) in [6, 6.07) is 69.1. The fourth-order valence-corrected chi connectivity index (χ4v) is 7.75. The number of hydrogen-bond acceptors (Lipinski definition) is 2. The zero-order valence-corrected chi connectivity index (χ0v) is 28.4. The maximum absolute atomic E-state index is 5.38. The Kier molecular flexibility index (Phi) is 7.18. The molecule has 0 spiro atoms. The van der Waals surface area contributed by atoms with Crippen molar-refractivity contribution in [1.29, 1.82) is 0 Å². The van der Waals surface area contributed by atoms with Crippen molar-refractivity contribution in [2.45, 2.75) is 0 Å². The number of para-hydroxylation sites is 1. The molecule has 0 saturated carbocycles. The van der Waals surface area contributed by atoms with Gasteiger partial charge >= 0.3 is 0 Å². The van der Waals surface area contributed by atoms with Crippen LogP contribution in [0.3, 0.4) is 0 Å². The summed E-state index contributed by atoms with van der Waals surface area (Å²) in [7, 11) is 0. The molecule has 2 aromatic heterocycles. The first-order valence-corrected chi connectivity index (χ1v) is 17.7. The van der Waals surface area contributed by atoms with Crippen LogP contribution >= 0.6 is 0 Å². The maximum atomic E-state index is 5.38. The minimum Gasteiger partial charge on any atom is -0.248 e. The van der Waals surface area contributed by atoms with Crippen LogP contribution in [-0.4, -0.2) is 9.97 Å². The fourth-order valence-electron chi connectivity index (χ4n) is 7.75. The van der Waals surface area contributed by atoms with Gasteiger partial charge in [0.2, 0.25) is 0 Å². The fraction of sp³-hybridized carbons (Fsp3) is 0. The van der Waals surface area contributed by atoms with Crippen LogP contribution in [0.25, 0.3) is 99.2 Å². The second-order valence-corrected chi connectivity index (χ2v) is 13.3. The van der Waals surface area contributed by atoms with Gasteiger partial charge in [-0.15, -0.1) is 0 Å². The molecule has 10 rings (SSSR count). The molecule has 10 aromatic rings. The van der Waals surface area contributed by atoms with E-state index in [1.54, 1.807) is 0 Å². The van der Waals surface area contributed by atoms with Gasteiger partial charge in [0.05, 0.1) is 22.6 Å². The Morgan fingerprint density at radius 1 is 0.250 bits per heavy atom. The molecule has 242 valence electrons. The van der Waals surface area contributed by atoms with E-state index in [1.165, 1.54) is 37.7 Å². The SMILES string of the molecule is c1ccc(-c2cc(-c3ccc(-c4cccc(-c5nc6ccccc6c6c7ccccc7c7ccccc7c56)c4)cc3)cc(-c3ccccc3)n2)cc1. The van der Waals surface area contributed by atoms with Gasteiger partial charge in [-0.2, -0.15) is 0 Å². The third-order valence-corrected chi connectivity index (χ3v) is 10.2. The van der Waals surface area contributed by atoms with Gasteiger partial charge in [-0.1, -0.05) is 170 Å². The summed E-state index contributed by atoms with van der Waals surface area (Å²) in [5.41, 5.74) is 11.8. The number of fused-ring (bicyclic) bond motifs is 8. The van der Waals surface area contributed by atoms with Crippen LogP contribution < -0.4 is 0 Å². The molecule has 0 aliphatic heterocycles. The molecular formula is C50H32N2. The third kappa shape index (κ3) is 5.12.